The molecule has 0 unspecified atom stereocenters. The molecule has 0 aromatic carbocycles. The maximum absolute atomic E-state index is 11.6. The first kappa shape index (κ1) is 13.8. The van der Waals surface area contributed by atoms with Gasteiger partial charge in [-0.2, -0.15) is 0 Å². The molecule has 20 heavy (non-hydrogen) atoms. The van der Waals surface area contributed by atoms with E-state index in [9.17, 15) is 4.79 Å². The molecule has 2 aromatic heterocycles. The number of furan rings is 1. The number of hydrogen-bond donors (Lipinski definition) is 2. The van der Waals surface area contributed by atoms with Gasteiger partial charge in [0.1, 0.15) is 11.5 Å². The number of aryl methyl sites for hydroxylation is 3. The van der Waals surface area contributed by atoms with Crippen LogP contribution in [0.25, 0.3) is 6.08 Å². The summed E-state index contributed by atoms with van der Waals surface area (Å²) in [5.74, 6) is 1.46. The molecule has 2 aromatic rings. The fourth-order valence-electron chi connectivity index (χ4n) is 1.64. The zero-order valence-electron chi connectivity index (χ0n) is 11.6. The molecule has 0 aliphatic rings. The number of rotatable bonds is 4. The van der Waals surface area contributed by atoms with Gasteiger partial charge in [-0.1, -0.05) is 0 Å². The summed E-state index contributed by atoms with van der Waals surface area (Å²) in [6, 6.07) is 5.48. The Hall–Kier alpha value is -2.63. The SMILES string of the molecule is Cc1cc(C)nc(NNC(=O)C=Cc2ccc(C)o2)n1. The third kappa shape index (κ3) is 3.94. The second-order valence-corrected chi connectivity index (χ2v) is 4.37. The van der Waals surface area contributed by atoms with Gasteiger partial charge in [-0.25, -0.2) is 9.97 Å². The van der Waals surface area contributed by atoms with Crippen LogP contribution < -0.4 is 10.9 Å². The molecule has 0 aliphatic carbocycles. The molecule has 0 atom stereocenters. The lowest BCUT2D eigenvalue weighted by atomic mass is 10.4. The fraction of sp³-hybridized carbons (Fsp3) is 0.214. The average Bonchev–Trinajstić information content (AvgIpc) is 2.79. The number of amides is 1. The maximum atomic E-state index is 11.6. The monoisotopic (exact) mass is 272 g/mol. The second kappa shape index (κ2) is 6.01. The van der Waals surface area contributed by atoms with Crippen molar-refractivity contribution in [3.05, 3.63) is 47.2 Å². The Kier molecular flexibility index (Phi) is 4.14. The molecule has 2 rings (SSSR count). The third-order valence-corrected chi connectivity index (χ3v) is 2.44. The van der Waals surface area contributed by atoms with Crippen molar-refractivity contribution in [2.24, 2.45) is 0 Å². The first-order valence-electron chi connectivity index (χ1n) is 6.16. The van der Waals surface area contributed by atoms with E-state index in [-0.39, 0.29) is 5.91 Å². The molecule has 6 heteroatoms. The van der Waals surface area contributed by atoms with Crippen molar-refractivity contribution in [1.82, 2.24) is 15.4 Å². The van der Waals surface area contributed by atoms with Crippen LogP contribution in [0.5, 0.6) is 0 Å². The molecule has 0 bridgehead atoms. The molecule has 0 spiro atoms. The van der Waals surface area contributed by atoms with E-state index >= 15 is 0 Å². The summed E-state index contributed by atoms with van der Waals surface area (Å²) < 4.78 is 5.32. The van der Waals surface area contributed by atoms with Crippen molar-refractivity contribution in [3.63, 3.8) is 0 Å². The van der Waals surface area contributed by atoms with Gasteiger partial charge in [-0.05, 0) is 45.0 Å². The zero-order valence-corrected chi connectivity index (χ0v) is 11.6. The fourth-order valence-corrected chi connectivity index (χ4v) is 1.64. The molecule has 0 aliphatic heterocycles. The highest BCUT2D eigenvalue weighted by atomic mass is 16.3. The zero-order chi connectivity index (χ0) is 14.5. The molecule has 2 heterocycles. The van der Waals surface area contributed by atoms with Crippen LogP contribution in [0, 0.1) is 20.8 Å². The van der Waals surface area contributed by atoms with E-state index in [0.717, 1.165) is 17.1 Å². The van der Waals surface area contributed by atoms with E-state index in [1.807, 2.05) is 32.9 Å². The highest BCUT2D eigenvalue weighted by Gasteiger charge is 2.01. The molecule has 0 saturated heterocycles. The van der Waals surface area contributed by atoms with Crippen molar-refractivity contribution in [1.29, 1.82) is 0 Å². The van der Waals surface area contributed by atoms with Crippen LogP contribution in [-0.4, -0.2) is 15.9 Å². The summed E-state index contributed by atoms with van der Waals surface area (Å²) in [4.78, 5) is 19.9. The molecule has 1 amide bonds. The molecule has 0 fully saturated rings. The lowest BCUT2D eigenvalue weighted by molar-refractivity contribution is -0.116. The Bertz CT molecular complexity index is 626. The minimum atomic E-state index is -0.318. The summed E-state index contributed by atoms with van der Waals surface area (Å²) in [6.07, 6.45) is 2.96. The van der Waals surface area contributed by atoms with Crippen LogP contribution in [0.3, 0.4) is 0 Å². The lowest BCUT2D eigenvalue weighted by Crippen LogP contribution is -2.28. The van der Waals surface area contributed by atoms with Gasteiger partial charge in [0.2, 0.25) is 5.95 Å². The van der Waals surface area contributed by atoms with E-state index in [0.29, 0.717) is 11.7 Å². The number of nitrogens with one attached hydrogen (secondary N) is 2. The van der Waals surface area contributed by atoms with Gasteiger partial charge in [-0.3, -0.25) is 15.6 Å². The Morgan fingerprint density at radius 1 is 1.20 bits per heavy atom. The predicted octanol–water partition coefficient (Wildman–Crippen LogP) is 2.15. The summed E-state index contributed by atoms with van der Waals surface area (Å²) in [6.45, 7) is 5.57. The van der Waals surface area contributed by atoms with Gasteiger partial charge in [-0.15, -0.1) is 0 Å². The number of anilines is 1. The highest BCUT2D eigenvalue weighted by molar-refractivity contribution is 5.91. The first-order valence-corrected chi connectivity index (χ1v) is 6.16. The Morgan fingerprint density at radius 3 is 2.50 bits per heavy atom. The molecule has 0 radical (unpaired) electrons. The second-order valence-electron chi connectivity index (χ2n) is 4.37. The smallest absolute Gasteiger partial charge is 0.262 e. The van der Waals surface area contributed by atoms with Crippen LogP contribution >= 0.6 is 0 Å². The van der Waals surface area contributed by atoms with Crippen molar-refractivity contribution in [2.75, 3.05) is 5.43 Å². The van der Waals surface area contributed by atoms with Gasteiger partial charge in [0.05, 0.1) is 0 Å². The Balaban J connectivity index is 1.90. The molecule has 104 valence electrons. The molecule has 0 saturated carbocycles. The summed E-state index contributed by atoms with van der Waals surface area (Å²) in [5, 5.41) is 0. The van der Waals surface area contributed by atoms with E-state index in [1.54, 1.807) is 12.1 Å². The summed E-state index contributed by atoms with van der Waals surface area (Å²) >= 11 is 0. The molecular weight excluding hydrogens is 256 g/mol. The van der Waals surface area contributed by atoms with Gasteiger partial charge >= 0.3 is 0 Å². The number of nitrogens with zero attached hydrogens (tertiary/aromatic N) is 2. The van der Waals surface area contributed by atoms with Crippen molar-refractivity contribution in [3.8, 4) is 0 Å². The number of hydrazine groups is 1. The van der Waals surface area contributed by atoms with Gasteiger partial charge in [0.25, 0.3) is 5.91 Å². The van der Waals surface area contributed by atoms with Gasteiger partial charge < -0.3 is 4.42 Å². The molecular formula is C14H16N4O2. The predicted molar refractivity (Wildman–Crippen MR) is 75.8 cm³/mol. The standard InChI is InChI=1S/C14H16N4O2/c1-9-8-10(2)16-14(15-9)18-17-13(19)7-6-12-5-4-11(3)20-12/h4-8H,1-3H3,(H,17,19)(H,15,16,18). The number of hydrogen-bond acceptors (Lipinski definition) is 5. The average molecular weight is 272 g/mol. The van der Waals surface area contributed by atoms with Crippen molar-refractivity contribution in [2.45, 2.75) is 20.8 Å². The van der Waals surface area contributed by atoms with E-state index in [4.69, 9.17) is 4.42 Å². The third-order valence-electron chi connectivity index (χ3n) is 2.44. The van der Waals surface area contributed by atoms with E-state index in [1.165, 1.54) is 6.08 Å². The van der Waals surface area contributed by atoms with Gasteiger partial charge in [0.15, 0.2) is 0 Å². The topological polar surface area (TPSA) is 80.0 Å². The quantitative estimate of drug-likeness (QED) is 0.658. The van der Waals surface area contributed by atoms with Crippen molar-refractivity contribution < 1.29 is 9.21 Å². The Labute approximate surface area is 116 Å². The maximum Gasteiger partial charge on any atom is 0.262 e. The number of carbonyl (C=O) groups is 1. The van der Waals surface area contributed by atoms with Crippen LogP contribution in [0.4, 0.5) is 5.95 Å². The van der Waals surface area contributed by atoms with Gasteiger partial charge in [0, 0.05) is 17.5 Å². The van der Waals surface area contributed by atoms with Crippen LogP contribution in [-0.2, 0) is 4.79 Å². The lowest BCUT2D eigenvalue weighted by Gasteiger charge is -2.06. The Morgan fingerprint density at radius 2 is 1.90 bits per heavy atom. The molecule has 6 nitrogen and oxygen atoms in total. The number of aromatic nitrogens is 2. The molecule has 2 N–H and O–H groups in total. The number of carbonyl (C=O) groups excluding carboxylic acids is 1. The van der Waals surface area contributed by atoms with Crippen LogP contribution in [0.1, 0.15) is 22.9 Å². The summed E-state index contributed by atoms with van der Waals surface area (Å²) in [5.41, 5.74) is 6.81. The van der Waals surface area contributed by atoms with Crippen LogP contribution in [0.2, 0.25) is 0 Å². The summed E-state index contributed by atoms with van der Waals surface area (Å²) in [7, 11) is 0. The largest absolute Gasteiger partial charge is 0.462 e. The first-order chi connectivity index (χ1) is 9.52. The van der Waals surface area contributed by atoms with E-state index < -0.39 is 0 Å². The van der Waals surface area contributed by atoms with Crippen molar-refractivity contribution >= 4 is 17.9 Å². The van der Waals surface area contributed by atoms with Crippen LogP contribution in [0.15, 0.2) is 28.7 Å². The normalized spacial score (nSPS) is 10.8. The van der Waals surface area contributed by atoms with E-state index in [2.05, 4.69) is 20.8 Å². The minimum Gasteiger partial charge on any atom is -0.462 e. The highest BCUT2D eigenvalue weighted by Crippen LogP contribution is 2.07. The minimum absolute atomic E-state index is 0.318.